The SMILES string of the molecule is Cc1ccc(Br)cc1/C(=N\S)C1CC(C)CC(C)C1. The van der Waals surface area contributed by atoms with E-state index in [1.54, 1.807) is 0 Å². The molecule has 1 saturated carbocycles. The minimum Gasteiger partial charge on any atom is -0.224 e. The first-order chi connectivity index (χ1) is 9.01. The molecule has 2 unspecified atom stereocenters. The van der Waals surface area contributed by atoms with Gasteiger partial charge in [-0.25, -0.2) is 4.40 Å². The van der Waals surface area contributed by atoms with Crippen LogP contribution in [0.25, 0.3) is 0 Å². The van der Waals surface area contributed by atoms with Gasteiger partial charge in [-0.05, 0) is 68.5 Å². The molecule has 1 aliphatic rings. The number of hydrogen-bond acceptors (Lipinski definition) is 2. The monoisotopic (exact) mass is 339 g/mol. The van der Waals surface area contributed by atoms with E-state index in [-0.39, 0.29) is 0 Å². The van der Waals surface area contributed by atoms with E-state index in [1.807, 2.05) is 0 Å². The van der Waals surface area contributed by atoms with Gasteiger partial charge in [-0.3, -0.25) is 0 Å². The van der Waals surface area contributed by atoms with Crippen molar-refractivity contribution in [2.75, 3.05) is 0 Å². The summed E-state index contributed by atoms with van der Waals surface area (Å²) in [7, 11) is 0. The Morgan fingerprint density at radius 1 is 1.21 bits per heavy atom. The molecular weight excluding hydrogens is 318 g/mol. The lowest BCUT2D eigenvalue weighted by molar-refractivity contribution is 0.264. The molecule has 0 aliphatic heterocycles. The van der Waals surface area contributed by atoms with Crippen molar-refractivity contribution in [1.82, 2.24) is 0 Å². The topological polar surface area (TPSA) is 12.4 Å². The largest absolute Gasteiger partial charge is 0.224 e. The fourth-order valence-corrected chi connectivity index (χ4v) is 4.03. The van der Waals surface area contributed by atoms with Gasteiger partial charge < -0.3 is 0 Å². The van der Waals surface area contributed by atoms with E-state index in [1.165, 1.54) is 36.1 Å². The first-order valence-corrected chi connectivity index (χ1v) is 8.19. The Bertz CT molecular complexity index is 474. The molecule has 0 spiro atoms. The third-order valence-electron chi connectivity index (χ3n) is 4.15. The maximum atomic E-state index is 4.34. The standard InChI is InChI=1S/C16H22BrNS/c1-10-6-11(2)8-13(7-10)16(18-19)15-9-14(17)5-4-12(15)3/h4-5,9-11,13,19H,6-8H2,1-3H3/b18-16-. The molecule has 0 saturated heterocycles. The average molecular weight is 340 g/mol. The number of thiol groups is 1. The Kier molecular flexibility index (Phi) is 5.13. The number of aryl methyl sites for hydroxylation is 1. The summed E-state index contributed by atoms with van der Waals surface area (Å²) in [6.07, 6.45) is 3.80. The van der Waals surface area contributed by atoms with E-state index in [9.17, 15) is 0 Å². The normalized spacial score (nSPS) is 28.5. The first kappa shape index (κ1) is 15.1. The predicted molar refractivity (Wildman–Crippen MR) is 90.1 cm³/mol. The molecule has 1 nitrogen and oxygen atoms in total. The van der Waals surface area contributed by atoms with Crippen LogP contribution in [0.5, 0.6) is 0 Å². The summed E-state index contributed by atoms with van der Waals surface area (Å²) in [5, 5.41) is 0. The summed E-state index contributed by atoms with van der Waals surface area (Å²) in [5.41, 5.74) is 3.69. The van der Waals surface area contributed by atoms with Gasteiger partial charge in [0.1, 0.15) is 0 Å². The van der Waals surface area contributed by atoms with Gasteiger partial charge >= 0.3 is 0 Å². The predicted octanol–water partition coefficient (Wildman–Crippen LogP) is 5.46. The van der Waals surface area contributed by atoms with Crippen LogP contribution >= 0.6 is 28.7 Å². The molecule has 0 aromatic heterocycles. The van der Waals surface area contributed by atoms with Crippen LogP contribution in [-0.4, -0.2) is 5.71 Å². The zero-order valence-electron chi connectivity index (χ0n) is 11.9. The summed E-state index contributed by atoms with van der Waals surface area (Å²) in [6, 6.07) is 6.41. The van der Waals surface area contributed by atoms with Gasteiger partial charge in [0, 0.05) is 16.0 Å². The van der Waals surface area contributed by atoms with Crippen LogP contribution in [0.3, 0.4) is 0 Å². The highest BCUT2D eigenvalue weighted by Gasteiger charge is 2.28. The molecule has 0 radical (unpaired) electrons. The molecule has 0 amide bonds. The Labute approximate surface area is 130 Å². The molecule has 1 fully saturated rings. The van der Waals surface area contributed by atoms with Gasteiger partial charge in [0.2, 0.25) is 0 Å². The molecule has 1 aliphatic carbocycles. The summed E-state index contributed by atoms with van der Waals surface area (Å²) in [5.74, 6) is 2.11. The van der Waals surface area contributed by atoms with Crippen molar-refractivity contribution < 1.29 is 0 Å². The quantitative estimate of drug-likeness (QED) is 0.542. The van der Waals surface area contributed by atoms with E-state index in [4.69, 9.17) is 0 Å². The molecule has 0 N–H and O–H groups in total. The van der Waals surface area contributed by atoms with Crippen molar-refractivity contribution in [2.45, 2.75) is 40.0 Å². The highest BCUT2D eigenvalue weighted by Crippen LogP contribution is 2.36. The van der Waals surface area contributed by atoms with Crippen molar-refractivity contribution in [3.05, 3.63) is 33.8 Å². The van der Waals surface area contributed by atoms with Gasteiger partial charge in [0.25, 0.3) is 0 Å². The lowest BCUT2D eigenvalue weighted by Crippen LogP contribution is -2.27. The summed E-state index contributed by atoms with van der Waals surface area (Å²) >= 11 is 7.81. The third-order valence-corrected chi connectivity index (χ3v) is 4.86. The molecule has 2 atom stereocenters. The summed E-state index contributed by atoms with van der Waals surface area (Å²) < 4.78 is 5.45. The number of benzene rings is 1. The third kappa shape index (κ3) is 3.63. The van der Waals surface area contributed by atoms with Crippen LogP contribution in [0.15, 0.2) is 27.1 Å². The van der Waals surface area contributed by atoms with Crippen molar-refractivity contribution in [3.8, 4) is 0 Å². The van der Waals surface area contributed by atoms with Crippen LogP contribution < -0.4 is 0 Å². The van der Waals surface area contributed by atoms with Crippen LogP contribution in [0.2, 0.25) is 0 Å². The molecule has 1 aromatic rings. The molecule has 3 heteroatoms. The average Bonchev–Trinajstić information content (AvgIpc) is 2.33. The summed E-state index contributed by atoms with van der Waals surface area (Å²) in [4.78, 5) is 0. The lowest BCUT2D eigenvalue weighted by Gasteiger charge is -2.32. The Morgan fingerprint density at radius 2 is 1.84 bits per heavy atom. The lowest BCUT2D eigenvalue weighted by atomic mass is 9.73. The van der Waals surface area contributed by atoms with Gasteiger partial charge in [-0.1, -0.05) is 35.8 Å². The van der Waals surface area contributed by atoms with Crippen LogP contribution in [0, 0.1) is 24.7 Å². The van der Waals surface area contributed by atoms with Crippen molar-refractivity contribution in [3.63, 3.8) is 0 Å². The molecule has 2 rings (SSSR count). The van der Waals surface area contributed by atoms with E-state index in [0.29, 0.717) is 5.92 Å². The van der Waals surface area contributed by atoms with Gasteiger partial charge in [0.15, 0.2) is 0 Å². The zero-order chi connectivity index (χ0) is 14.0. The van der Waals surface area contributed by atoms with E-state index < -0.39 is 0 Å². The Hall–Kier alpha value is -0.280. The van der Waals surface area contributed by atoms with Gasteiger partial charge in [-0.15, -0.1) is 0 Å². The second kappa shape index (κ2) is 6.45. The van der Waals surface area contributed by atoms with Crippen molar-refractivity contribution in [2.24, 2.45) is 22.2 Å². The number of hydrogen-bond donors (Lipinski definition) is 1. The van der Waals surface area contributed by atoms with Crippen LogP contribution in [0.1, 0.15) is 44.2 Å². The van der Waals surface area contributed by atoms with Crippen molar-refractivity contribution in [1.29, 1.82) is 0 Å². The number of rotatable bonds is 2. The number of halogens is 1. The second-order valence-corrected chi connectivity index (χ2v) is 7.17. The first-order valence-electron chi connectivity index (χ1n) is 6.99. The van der Waals surface area contributed by atoms with E-state index in [2.05, 4.69) is 72.1 Å². The van der Waals surface area contributed by atoms with Gasteiger partial charge in [0.05, 0.1) is 5.71 Å². The smallest absolute Gasteiger partial charge is 0.0590 e. The maximum Gasteiger partial charge on any atom is 0.0590 e. The fourth-order valence-electron chi connectivity index (χ4n) is 3.40. The van der Waals surface area contributed by atoms with Gasteiger partial charge in [-0.2, -0.15) is 0 Å². The van der Waals surface area contributed by atoms with Crippen LogP contribution in [-0.2, 0) is 0 Å². The van der Waals surface area contributed by atoms with Crippen LogP contribution in [0.4, 0.5) is 0 Å². The summed E-state index contributed by atoms with van der Waals surface area (Å²) in [6.45, 7) is 6.86. The molecular formula is C16H22BrNS. The number of nitrogens with zero attached hydrogens (tertiary/aromatic N) is 1. The minimum absolute atomic E-state index is 0.546. The Balaban J connectivity index is 2.32. The molecule has 1 aromatic carbocycles. The molecule has 0 heterocycles. The minimum atomic E-state index is 0.546. The molecule has 104 valence electrons. The van der Waals surface area contributed by atoms with E-state index >= 15 is 0 Å². The fraction of sp³-hybridized carbons (Fsp3) is 0.562. The zero-order valence-corrected chi connectivity index (χ0v) is 14.3. The van der Waals surface area contributed by atoms with E-state index in [0.717, 1.165) is 16.3 Å². The highest BCUT2D eigenvalue weighted by atomic mass is 79.9. The molecule has 19 heavy (non-hydrogen) atoms. The maximum absolute atomic E-state index is 4.34. The highest BCUT2D eigenvalue weighted by molar-refractivity contribution is 9.10. The van der Waals surface area contributed by atoms with Crippen molar-refractivity contribution >= 4 is 34.5 Å². The molecule has 0 bridgehead atoms. The Morgan fingerprint density at radius 3 is 2.42 bits per heavy atom. The second-order valence-electron chi connectivity index (χ2n) is 6.06.